The van der Waals surface area contributed by atoms with Crippen LogP contribution in [0, 0.1) is 0 Å². The fourth-order valence-corrected chi connectivity index (χ4v) is 2.02. The van der Waals surface area contributed by atoms with Gasteiger partial charge < -0.3 is 0 Å². The monoisotopic (exact) mass is 201 g/mol. The number of rotatable bonds is 1. The first-order valence-electron chi connectivity index (χ1n) is 3.41. The standard InChI is InChI=1S/C5H9F2NO3S/c6-4-3(12(9,10)11)1-2-8-5(4)7/h3-5,8H,1-2H2,(H,9,10,11). The van der Waals surface area contributed by atoms with E-state index in [1.807, 2.05) is 0 Å². The van der Waals surface area contributed by atoms with Crippen LogP contribution in [-0.4, -0.2) is 37.2 Å². The summed E-state index contributed by atoms with van der Waals surface area (Å²) in [5.74, 6) is 0. The fraction of sp³-hybridized carbons (Fsp3) is 1.00. The summed E-state index contributed by atoms with van der Waals surface area (Å²) in [4.78, 5) is 0. The van der Waals surface area contributed by atoms with Crippen LogP contribution < -0.4 is 5.32 Å². The average Bonchev–Trinajstić information content (AvgIpc) is 1.92. The zero-order valence-electron chi connectivity index (χ0n) is 6.07. The van der Waals surface area contributed by atoms with Crippen molar-refractivity contribution in [3.05, 3.63) is 0 Å². The van der Waals surface area contributed by atoms with Crippen LogP contribution in [0.25, 0.3) is 0 Å². The van der Waals surface area contributed by atoms with Crippen molar-refractivity contribution in [3.63, 3.8) is 0 Å². The molecule has 0 spiro atoms. The molecule has 0 amide bonds. The van der Waals surface area contributed by atoms with E-state index in [2.05, 4.69) is 5.32 Å². The van der Waals surface area contributed by atoms with Crippen molar-refractivity contribution in [2.45, 2.75) is 24.1 Å². The second kappa shape index (κ2) is 3.23. The largest absolute Gasteiger partial charge is 0.285 e. The van der Waals surface area contributed by atoms with Crippen molar-refractivity contribution in [1.29, 1.82) is 0 Å². The van der Waals surface area contributed by atoms with Crippen molar-refractivity contribution in [3.8, 4) is 0 Å². The number of hydrogen-bond donors (Lipinski definition) is 2. The van der Waals surface area contributed by atoms with Gasteiger partial charge in [-0.25, -0.2) is 8.78 Å². The molecule has 1 aliphatic heterocycles. The molecule has 0 bridgehead atoms. The third kappa shape index (κ3) is 1.90. The smallest absolute Gasteiger partial charge is 0.270 e. The molecule has 0 saturated carbocycles. The molecule has 1 heterocycles. The highest BCUT2D eigenvalue weighted by Gasteiger charge is 2.40. The molecule has 0 aromatic rings. The van der Waals surface area contributed by atoms with Gasteiger partial charge in [-0.1, -0.05) is 0 Å². The minimum Gasteiger partial charge on any atom is -0.285 e. The van der Waals surface area contributed by atoms with Crippen LogP contribution >= 0.6 is 0 Å². The average molecular weight is 201 g/mol. The molecule has 1 aliphatic rings. The van der Waals surface area contributed by atoms with Gasteiger partial charge in [-0.3, -0.25) is 9.87 Å². The molecule has 12 heavy (non-hydrogen) atoms. The lowest BCUT2D eigenvalue weighted by molar-refractivity contribution is 0.102. The summed E-state index contributed by atoms with van der Waals surface area (Å²) in [6.07, 6.45) is -4.31. The lowest BCUT2D eigenvalue weighted by atomic mass is 10.1. The van der Waals surface area contributed by atoms with Gasteiger partial charge in [0.05, 0.1) is 0 Å². The molecular weight excluding hydrogens is 192 g/mol. The Hall–Kier alpha value is -0.270. The predicted octanol–water partition coefficient (Wildman–Crippen LogP) is -0.130. The van der Waals surface area contributed by atoms with Crippen LogP contribution in [0.1, 0.15) is 6.42 Å². The minimum absolute atomic E-state index is 0.0477. The highest BCUT2D eigenvalue weighted by Crippen LogP contribution is 2.20. The molecule has 0 aromatic carbocycles. The second-order valence-corrected chi connectivity index (χ2v) is 4.28. The summed E-state index contributed by atoms with van der Waals surface area (Å²) in [5, 5.41) is 0.486. The first kappa shape index (κ1) is 9.82. The molecule has 7 heteroatoms. The van der Waals surface area contributed by atoms with Crippen LogP contribution in [-0.2, 0) is 10.1 Å². The van der Waals surface area contributed by atoms with Crippen molar-refractivity contribution in [1.82, 2.24) is 5.32 Å². The zero-order valence-corrected chi connectivity index (χ0v) is 6.89. The summed E-state index contributed by atoms with van der Waals surface area (Å²) in [6.45, 7) is 0.0477. The molecular formula is C5H9F2NO3S. The van der Waals surface area contributed by atoms with Gasteiger partial charge in [0.15, 0.2) is 12.5 Å². The normalized spacial score (nSPS) is 38.1. The van der Waals surface area contributed by atoms with E-state index in [0.29, 0.717) is 0 Å². The molecule has 72 valence electrons. The summed E-state index contributed by atoms with van der Waals surface area (Å²) >= 11 is 0. The van der Waals surface area contributed by atoms with Gasteiger partial charge in [-0.15, -0.1) is 0 Å². The van der Waals surface area contributed by atoms with Crippen molar-refractivity contribution >= 4 is 10.1 Å². The molecule has 2 N–H and O–H groups in total. The molecule has 1 rings (SSSR count). The Kier molecular flexibility index (Phi) is 2.64. The van der Waals surface area contributed by atoms with Gasteiger partial charge in [-0.2, -0.15) is 8.42 Å². The maximum atomic E-state index is 12.8. The molecule has 1 fully saturated rings. The first-order valence-corrected chi connectivity index (χ1v) is 4.91. The highest BCUT2D eigenvalue weighted by atomic mass is 32.2. The second-order valence-electron chi connectivity index (χ2n) is 2.64. The SMILES string of the molecule is O=S(=O)(O)C1CCNC(F)C1F. The first-order chi connectivity index (χ1) is 5.43. The topological polar surface area (TPSA) is 66.4 Å². The molecule has 0 aliphatic carbocycles. The van der Waals surface area contributed by atoms with Crippen molar-refractivity contribution in [2.24, 2.45) is 0 Å². The van der Waals surface area contributed by atoms with Crippen molar-refractivity contribution < 1.29 is 21.8 Å². The van der Waals surface area contributed by atoms with Gasteiger partial charge in [0.25, 0.3) is 10.1 Å². The van der Waals surface area contributed by atoms with Crippen LogP contribution in [0.2, 0.25) is 0 Å². The van der Waals surface area contributed by atoms with E-state index in [9.17, 15) is 17.2 Å². The Bertz CT molecular complexity index is 255. The van der Waals surface area contributed by atoms with Gasteiger partial charge in [0, 0.05) is 0 Å². The van der Waals surface area contributed by atoms with E-state index >= 15 is 0 Å². The third-order valence-electron chi connectivity index (χ3n) is 1.79. The molecule has 0 radical (unpaired) electrons. The summed E-state index contributed by atoms with van der Waals surface area (Å²) < 4.78 is 54.7. The van der Waals surface area contributed by atoms with E-state index < -0.39 is 27.8 Å². The Labute approximate surface area is 68.7 Å². The van der Waals surface area contributed by atoms with Crippen LogP contribution in [0.4, 0.5) is 8.78 Å². The van der Waals surface area contributed by atoms with Gasteiger partial charge in [0.2, 0.25) is 0 Å². The highest BCUT2D eigenvalue weighted by molar-refractivity contribution is 7.86. The molecule has 4 nitrogen and oxygen atoms in total. The summed E-state index contributed by atoms with van der Waals surface area (Å²) in [5.41, 5.74) is 0. The Morgan fingerprint density at radius 3 is 2.42 bits per heavy atom. The van der Waals surface area contributed by atoms with Gasteiger partial charge in [-0.05, 0) is 13.0 Å². The number of alkyl halides is 2. The van der Waals surface area contributed by atoms with E-state index in [1.54, 1.807) is 0 Å². The summed E-state index contributed by atoms with van der Waals surface area (Å²) in [7, 11) is -4.46. The van der Waals surface area contributed by atoms with Crippen LogP contribution in [0.15, 0.2) is 0 Å². The van der Waals surface area contributed by atoms with E-state index in [0.717, 1.165) is 0 Å². The Morgan fingerprint density at radius 1 is 1.42 bits per heavy atom. The maximum absolute atomic E-state index is 12.8. The van der Waals surface area contributed by atoms with E-state index in [4.69, 9.17) is 4.55 Å². The lowest BCUT2D eigenvalue weighted by Gasteiger charge is -2.27. The predicted molar refractivity (Wildman–Crippen MR) is 37.7 cm³/mol. The number of hydrogen-bond acceptors (Lipinski definition) is 3. The third-order valence-corrected chi connectivity index (χ3v) is 3.05. The molecule has 3 atom stereocenters. The maximum Gasteiger partial charge on any atom is 0.270 e. The Morgan fingerprint density at radius 2 is 2.00 bits per heavy atom. The molecule has 1 saturated heterocycles. The minimum atomic E-state index is -4.46. The molecule has 3 unspecified atom stereocenters. The fourth-order valence-electron chi connectivity index (χ4n) is 1.14. The Balaban J connectivity index is 2.78. The lowest BCUT2D eigenvalue weighted by Crippen LogP contribution is -2.50. The number of halogens is 2. The van der Waals surface area contributed by atoms with E-state index in [1.165, 1.54) is 0 Å². The quantitative estimate of drug-likeness (QED) is 0.458. The summed E-state index contributed by atoms with van der Waals surface area (Å²) in [6, 6.07) is 0. The van der Waals surface area contributed by atoms with Crippen LogP contribution in [0.3, 0.4) is 0 Å². The van der Waals surface area contributed by atoms with Gasteiger partial charge >= 0.3 is 0 Å². The van der Waals surface area contributed by atoms with Gasteiger partial charge in [0.1, 0.15) is 5.25 Å². The number of piperidine rings is 1. The number of nitrogens with one attached hydrogen (secondary N) is 1. The van der Waals surface area contributed by atoms with E-state index in [-0.39, 0.29) is 13.0 Å². The van der Waals surface area contributed by atoms with Crippen LogP contribution in [0.5, 0.6) is 0 Å². The zero-order chi connectivity index (χ0) is 9.35. The van der Waals surface area contributed by atoms with Crippen molar-refractivity contribution in [2.75, 3.05) is 6.54 Å². The molecule has 0 aromatic heterocycles.